The molecule has 100 valence electrons. The zero-order valence-electron chi connectivity index (χ0n) is 11.3. The van der Waals surface area contributed by atoms with Crippen LogP contribution in [-0.4, -0.2) is 37.2 Å². The minimum atomic E-state index is -0.205. The van der Waals surface area contributed by atoms with Crippen LogP contribution >= 0.6 is 0 Å². The molecule has 0 aliphatic heterocycles. The lowest BCUT2D eigenvalue weighted by Crippen LogP contribution is -2.46. The molecule has 0 aromatic heterocycles. The molecule has 0 aromatic carbocycles. The molecule has 0 bridgehead atoms. The topological polar surface area (TPSA) is 55.6 Å². The molecule has 4 heteroatoms. The molecule has 1 aliphatic rings. The van der Waals surface area contributed by atoms with Gasteiger partial charge in [-0.25, -0.2) is 4.79 Å². The maximum Gasteiger partial charge on any atom is 0.409 e. The quantitative estimate of drug-likeness (QED) is 0.822. The van der Waals surface area contributed by atoms with Gasteiger partial charge in [-0.1, -0.05) is 26.7 Å². The lowest BCUT2D eigenvalue weighted by atomic mass is 9.84. The summed E-state index contributed by atoms with van der Waals surface area (Å²) in [6.07, 6.45) is 4.39. The van der Waals surface area contributed by atoms with Gasteiger partial charge >= 0.3 is 6.09 Å². The average molecular weight is 242 g/mol. The van der Waals surface area contributed by atoms with Gasteiger partial charge in [0, 0.05) is 13.1 Å². The van der Waals surface area contributed by atoms with Gasteiger partial charge in [0.1, 0.15) is 0 Å². The highest BCUT2D eigenvalue weighted by Gasteiger charge is 2.30. The Bertz CT molecular complexity index is 244. The fourth-order valence-electron chi connectivity index (χ4n) is 2.45. The molecule has 1 rings (SSSR count). The molecule has 0 radical (unpaired) electrons. The Morgan fingerprint density at radius 2 is 2.06 bits per heavy atom. The van der Waals surface area contributed by atoms with Gasteiger partial charge in [-0.2, -0.15) is 0 Å². The third-order valence-corrected chi connectivity index (χ3v) is 3.50. The summed E-state index contributed by atoms with van der Waals surface area (Å²) in [7, 11) is 1.83. The van der Waals surface area contributed by atoms with Crippen molar-refractivity contribution in [2.75, 3.05) is 20.2 Å². The molecule has 17 heavy (non-hydrogen) atoms. The first-order chi connectivity index (χ1) is 8.06. The molecule has 0 saturated heterocycles. The first-order valence-electron chi connectivity index (χ1n) is 6.66. The van der Waals surface area contributed by atoms with Crippen LogP contribution < -0.4 is 5.73 Å². The summed E-state index contributed by atoms with van der Waals surface area (Å²) in [6.45, 7) is 5.23. The highest BCUT2D eigenvalue weighted by Crippen LogP contribution is 2.27. The summed E-state index contributed by atoms with van der Waals surface area (Å²) in [6, 6.07) is 0.258. The second kappa shape index (κ2) is 6.84. The lowest BCUT2D eigenvalue weighted by Gasteiger charge is -2.36. The largest absolute Gasteiger partial charge is 0.449 e. The van der Waals surface area contributed by atoms with Crippen molar-refractivity contribution >= 4 is 6.09 Å². The van der Waals surface area contributed by atoms with E-state index < -0.39 is 0 Å². The second-order valence-electron chi connectivity index (χ2n) is 5.43. The lowest BCUT2D eigenvalue weighted by molar-refractivity contribution is 0.0664. The molecule has 1 saturated carbocycles. The number of nitrogens with two attached hydrogens (primary N) is 1. The van der Waals surface area contributed by atoms with E-state index in [2.05, 4.69) is 0 Å². The molecule has 0 aromatic rings. The van der Waals surface area contributed by atoms with E-state index in [0.717, 1.165) is 12.8 Å². The summed E-state index contributed by atoms with van der Waals surface area (Å²) in [5.74, 6) is 0.810. The van der Waals surface area contributed by atoms with Crippen LogP contribution in [0.15, 0.2) is 0 Å². The maximum atomic E-state index is 11.9. The van der Waals surface area contributed by atoms with Crippen LogP contribution in [0, 0.1) is 11.8 Å². The number of nitrogens with zero attached hydrogens (tertiary/aromatic N) is 1. The number of carbonyl (C=O) groups excluding carboxylic acids is 1. The van der Waals surface area contributed by atoms with Crippen molar-refractivity contribution in [1.29, 1.82) is 0 Å². The standard InChI is InChI=1S/C13H26N2O2/c1-10(2)9-17-13(16)15(3)12-7-5-4-6-11(12)8-14/h10-12H,4-9,14H2,1-3H3. The zero-order valence-corrected chi connectivity index (χ0v) is 11.3. The molecule has 4 nitrogen and oxygen atoms in total. The molecule has 2 N–H and O–H groups in total. The Balaban J connectivity index is 2.48. The Kier molecular flexibility index (Phi) is 5.75. The van der Waals surface area contributed by atoms with Crippen LogP contribution in [0.5, 0.6) is 0 Å². The monoisotopic (exact) mass is 242 g/mol. The van der Waals surface area contributed by atoms with Crippen molar-refractivity contribution in [3.05, 3.63) is 0 Å². The number of carbonyl (C=O) groups is 1. The van der Waals surface area contributed by atoms with Crippen molar-refractivity contribution < 1.29 is 9.53 Å². The Morgan fingerprint density at radius 1 is 1.41 bits per heavy atom. The number of hydrogen-bond donors (Lipinski definition) is 1. The van der Waals surface area contributed by atoms with Crippen molar-refractivity contribution in [3.8, 4) is 0 Å². The molecule has 1 fully saturated rings. The van der Waals surface area contributed by atoms with Gasteiger partial charge in [-0.05, 0) is 31.2 Å². The van der Waals surface area contributed by atoms with E-state index in [1.165, 1.54) is 12.8 Å². The summed E-state index contributed by atoms with van der Waals surface area (Å²) in [4.78, 5) is 13.6. The van der Waals surface area contributed by atoms with Gasteiger partial charge in [0.05, 0.1) is 6.61 Å². The predicted molar refractivity (Wildman–Crippen MR) is 68.7 cm³/mol. The average Bonchev–Trinajstić information content (AvgIpc) is 2.34. The molecule has 1 aliphatic carbocycles. The van der Waals surface area contributed by atoms with Gasteiger partial charge in [-0.3, -0.25) is 0 Å². The van der Waals surface area contributed by atoms with Gasteiger partial charge in [0.25, 0.3) is 0 Å². The normalized spacial score (nSPS) is 24.8. The third kappa shape index (κ3) is 4.19. The highest BCUT2D eigenvalue weighted by atomic mass is 16.6. The van der Waals surface area contributed by atoms with E-state index in [1.54, 1.807) is 4.90 Å². The van der Waals surface area contributed by atoms with Crippen molar-refractivity contribution in [3.63, 3.8) is 0 Å². The van der Waals surface area contributed by atoms with Crippen LogP contribution in [0.25, 0.3) is 0 Å². The Hall–Kier alpha value is -0.770. The molecule has 2 atom stereocenters. The van der Waals surface area contributed by atoms with E-state index in [-0.39, 0.29) is 12.1 Å². The Labute approximate surface area is 104 Å². The molecule has 1 amide bonds. The fraction of sp³-hybridized carbons (Fsp3) is 0.923. The predicted octanol–water partition coefficient (Wildman–Crippen LogP) is 2.23. The maximum absolute atomic E-state index is 11.9. The minimum absolute atomic E-state index is 0.205. The van der Waals surface area contributed by atoms with E-state index in [1.807, 2.05) is 20.9 Å². The summed E-state index contributed by atoms with van der Waals surface area (Å²) in [5.41, 5.74) is 5.77. The first kappa shape index (κ1) is 14.3. The van der Waals surface area contributed by atoms with Crippen LogP contribution in [0.2, 0.25) is 0 Å². The zero-order chi connectivity index (χ0) is 12.8. The second-order valence-corrected chi connectivity index (χ2v) is 5.43. The molecule has 2 unspecified atom stereocenters. The number of ether oxygens (including phenoxy) is 1. The molecule has 0 spiro atoms. The number of hydrogen-bond acceptors (Lipinski definition) is 3. The van der Waals surface area contributed by atoms with Gasteiger partial charge < -0.3 is 15.4 Å². The number of amides is 1. The summed E-state index contributed by atoms with van der Waals surface area (Å²) < 4.78 is 5.26. The highest BCUT2D eigenvalue weighted by molar-refractivity contribution is 5.67. The fourth-order valence-corrected chi connectivity index (χ4v) is 2.45. The van der Waals surface area contributed by atoms with E-state index in [9.17, 15) is 4.79 Å². The van der Waals surface area contributed by atoms with Crippen molar-refractivity contribution in [2.45, 2.75) is 45.6 Å². The summed E-state index contributed by atoms with van der Waals surface area (Å²) in [5, 5.41) is 0. The van der Waals surface area contributed by atoms with Crippen molar-refractivity contribution in [1.82, 2.24) is 4.90 Å². The third-order valence-electron chi connectivity index (χ3n) is 3.50. The Morgan fingerprint density at radius 3 is 2.65 bits per heavy atom. The van der Waals surface area contributed by atoms with Crippen LogP contribution in [-0.2, 0) is 4.74 Å². The summed E-state index contributed by atoms with van der Waals surface area (Å²) >= 11 is 0. The van der Waals surface area contributed by atoms with E-state index >= 15 is 0 Å². The van der Waals surface area contributed by atoms with Crippen LogP contribution in [0.4, 0.5) is 4.79 Å². The van der Waals surface area contributed by atoms with Gasteiger partial charge in [-0.15, -0.1) is 0 Å². The molecular weight excluding hydrogens is 216 g/mol. The van der Waals surface area contributed by atoms with E-state index in [0.29, 0.717) is 25.0 Å². The van der Waals surface area contributed by atoms with Crippen molar-refractivity contribution in [2.24, 2.45) is 17.6 Å². The van der Waals surface area contributed by atoms with E-state index in [4.69, 9.17) is 10.5 Å². The minimum Gasteiger partial charge on any atom is -0.449 e. The molecular formula is C13H26N2O2. The molecule has 0 heterocycles. The SMILES string of the molecule is CC(C)COC(=O)N(C)C1CCCCC1CN. The first-order valence-corrected chi connectivity index (χ1v) is 6.66. The van der Waals surface area contributed by atoms with Gasteiger partial charge in [0.15, 0.2) is 0 Å². The number of rotatable bonds is 4. The van der Waals surface area contributed by atoms with Crippen LogP contribution in [0.1, 0.15) is 39.5 Å². The van der Waals surface area contributed by atoms with Crippen LogP contribution in [0.3, 0.4) is 0 Å². The van der Waals surface area contributed by atoms with Gasteiger partial charge in [0.2, 0.25) is 0 Å². The smallest absolute Gasteiger partial charge is 0.409 e.